The summed E-state index contributed by atoms with van der Waals surface area (Å²) < 4.78 is 0. The molecule has 1 atom stereocenters. The third-order valence-electron chi connectivity index (χ3n) is 2.87. The number of hydrazine groups is 1. The van der Waals surface area contributed by atoms with Gasteiger partial charge < -0.3 is 5.32 Å². The summed E-state index contributed by atoms with van der Waals surface area (Å²) in [6.45, 7) is 1.57. The first-order chi connectivity index (χ1) is 9.11. The molecule has 0 radical (unpaired) electrons. The zero-order chi connectivity index (χ0) is 13.8. The van der Waals surface area contributed by atoms with E-state index in [1.54, 1.807) is 6.92 Å². The molecule has 104 valence electrons. The minimum Gasteiger partial charge on any atom is -0.361 e. The van der Waals surface area contributed by atoms with Crippen molar-refractivity contribution in [1.29, 1.82) is 0 Å². The van der Waals surface area contributed by atoms with E-state index in [1.165, 1.54) is 0 Å². The highest BCUT2D eigenvalue weighted by atomic mass is 32.2. The number of nitrogens with zero attached hydrogens (tertiary/aromatic N) is 3. The van der Waals surface area contributed by atoms with E-state index in [4.69, 9.17) is 5.84 Å². The number of thioether (sulfide) groups is 1. The molecule has 1 aromatic rings. The highest BCUT2D eigenvalue weighted by Gasteiger charge is 2.24. The minimum absolute atomic E-state index is 0.0884. The van der Waals surface area contributed by atoms with Gasteiger partial charge in [-0.2, -0.15) is 16.7 Å². The number of nitro groups is 1. The second-order valence-corrected chi connectivity index (χ2v) is 5.44. The lowest BCUT2D eigenvalue weighted by Crippen LogP contribution is -2.27. The van der Waals surface area contributed by atoms with Crippen molar-refractivity contribution < 1.29 is 4.92 Å². The predicted octanol–water partition coefficient (Wildman–Crippen LogP) is 1.29. The number of aryl methyl sites for hydroxylation is 1. The average Bonchev–Trinajstić information content (AvgIpc) is 2.38. The second-order valence-electron chi connectivity index (χ2n) is 4.29. The first-order valence-electron chi connectivity index (χ1n) is 5.95. The topological polar surface area (TPSA) is 119 Å². The van der Waals surface area contributed by atoms with Crippen LogP contribution < -0.4 is 16.6 Å². The van der Waals surface area contributed by atoms with E-state index in [0.717, 1.165) is 24.3 Å². The normalized spacial score (nSPS) is 18.9. The molecule has 1 fully saturated rings. The Morgan fingerprint density at radius 3 is 2.89 bits per heavy atom. The van der Waals surface area contributed by atoms with Crippen LogP contribution in [0.15, 0.2) is 0 Å². The number of hydrogen-bond donors (Lipinski definition) is 3. The van der Waals surface area contributed by atoms with Crippen LogP contribution in [0, 0.1) is 17.0 Å². The fourth-order valence-electron chi connectivity index (χ4n) is 2.00. The summed E-state index contributed by atoms with van der Waals surface area (Å²) >= 11 is 1.83. The van der Waals surface area contributed by atoms with Gasteiger partial charge in [-0.3, -0.25) is 15.5 Å². The number of anilines is 2. The van der Waals surface area contributed by atoms with E-state index >= 15 is 0 Å². The number of nitrogen functional groups attached to an aromatic ring is 1. The van der Waals surface area contributed by atoms with Gasteiger partial charge >= 0.3 is 5.69 Å². The van der Waals surface area contributed by atoms with Gasteiger partial charge in [0.05, 0.1) is 4.92 Å². The molecule has 0 saturated carbocycles. The summed E-state index contributed by atoms with van der Waals surface area (Å²) in [6.07, 6.45) is 2.08. The first-order valence-corrected chi connectivity index (χ1v) is 7.11. The Morgan fingerprint density at radius 2 is 2.32 bits per heavy atom. The minimum atomic E-state index is -0.464. The van der Waals surface area contributed by atoms with Crippen LogP contribution >= 0.6 is 11.8 Å². The number of rotatable bonds is 4. The van der Waals surface area contributed by atoms with E-state index in [2.05, 4.69) is 20.7 Å². The van der Waals surface area contributed by atoms with Crippen molar-refractivity contribution in [3.05, 3.63) is 15.8 Å². The van der Waals surface area contributed by atoms with Gasteiger partial charge in [0.25, 0.3) is 0 Å². The van der Waals surface area contributed by atoms with Gasteiger partial charge in [-0.15, -0.1) is 0 Å². The van der Waals surface area contributed by atoms with Crippen molar-refractivity contribution >= 4 is 29.2 Å². The van der Waals surface area contributed by atoms with E-state index in [9.17, 15) is 10.1 Å². The summed E-state index contributed by atoms with van der Waals surface area (Å²) in [4.78, 5) is 18.6. The van der Waals surface area contributed by atoms with Crippen molar-refractivity contribution in [1.82, 2.24) is 9.97 Å². The Morgan fingerprint density at radius 1 is 1.53 bits per heavy atom. The van der Waals surface area contributed by atoms with Crippen molar-refractivity contribution in [2.45, 2.75) is 25.8 Å². The lowest BCUT2D eigenvalue weighted by Gasteiger charge is -2.23. The summed E-state index contributed by atoms with van der Waals surface area (Å²) in [5.41, 5.74) is 2.52. The summed E-state index contributed by atoms with van der Waals surface area (Å²) in [5, 5.41) is 14.2. The predicted molar refractivity (Wildman–Crippen MR) is 75.2 cm³/mol. The lowest BCUT2D eigenvalue weighted by molar-refractivity contribution is -0.385. The fraction of sp³-hybridized carbons (Fsp3) is 0.600. The molecule has 19 heavy (non-hydrogen) atoms. The van der Waals surface area contributed by atoms with Crippen LogP contribution in [0.5, 0.6) is 0 Å². The maximum atomic E-state index is 11.1. The van der Waals surface area contributed by atoms with Gasteiger partial charge in [-0.1, -0.05) is 0 Å². The van der Waals surface area contributed by atoms with Gasteiger partial charge in [0.2, 0.25) is 11.8 Å². The Hall–Kier alpha value is -1.61. The molecule has 1 aliphatic heterocycles. The quantitative estimate of drug-likeness (QED) is 0.430. The third kappa shape index (κ3) is 3.24. The van der Waals surface area contributed by atoms with Crippen molar-refractivity contribution in [2.75, 3.05) is 22.2 Å². The molecular formula is C10H16N6O2S. The standard InChI is InChI=1S/C10H16N6O2S/c1-6-8(16(17)18)9(14-10(12-6)15-11)13-7-3-2-4-19-5-7/h7H,2-5,11H2,1H3,(H2,12,13,14,15). The smallest absolute Gasteiger partial charge is 0.332 e. The van der Waals surface area contributed by atoms with E-state index in [-0.39, 0.29) is 23.5 Å². The summed E-state index contributed by atoms with van der Waals surface area (Å²) in [6, 6.07) is 0.192. The maximum Gasteiger partial charge on any atom is 0.332 e. The molecule has 9 heteroatoms. The molecule has 1 saturated heterocycles. The van der Waals surface area contributed by atoms with Gasteiger partial charge in [0.1, 0.15) is 5.69 Å². The Balaban J connectivity index is 2.29. The first kappa shape index (κ1) is 13.8. The molecular weight excluding hydrogens is 268 g/mol. The van der Waals surface area contributed by atoms with Crippen LogP contribution in [0.25, 0.3) is 0 Å². The number of aromatic nitrogens is 2. The number of hydrogen-bond acceptors (Lipinski definition) is 8. The Kier molecular flexibility index (Phi) is 4.38. The van der Waals surface area contributed by atoms with Gasteiger partial charge in [-0.25, -0.2) is 10.8 Å². The highest BCUT2D eigenvalue weighted by molar-refractivity contribution is 7.99. The zero-order valence-electron chi connectivity index (χ0n) is 10.5. The van der Waals surface area contributed by atoms with Gasteiger partial charge in [0, 0.05) is 11.8 Å². The van der Waals surface area contributed by atoms with Crippen LogP contribution in [0.2, 0.25) is 0 Å². The Bertz CT molecular complexity index is 477. The van der Waals surface area contributed by atoms with E-state index in [1.807, 2.05) is 11.8 Å². The van der Waals surface area contributed by atoms with Gasteiger partial charge in [0.15, 0.2) is 0 Å². The molecule has 2 rings (SSSR count). The molecule has 1 aromatic heterocycles. The van der Waals surface area contributed by atoms with Crippen LogP contribution in [0.3, 0.4) is 0 Å². The molecule has 1 aliphatic rings. The molecule has 4 N–H and O–H groups in total. The van der Waals surface area contributed by atoms with Crippen molar-refractivity contribution in [3.63, 3.8) is 0 Å². The molecule has 0 aliphatic carbocycles. The van der Waals surface area contributed by atoms with Crippen LogP contribution in [0.4, 0.5) is 17.5 Å². The molecule has 0 amide bonds. The average molecular weight is 284 g/mol. The van der Waals surface area contributed by atoms with Crippen LogP contribution in [-0.4, -0.2) is 32.4 Å². The van der Waals surface area contributed by atoms with Crippen LogP contribution in [-0.2, 0) is 0 Å². The third-order valence-corrected chi connectivity index (χ3v) is 4.09. The zero-order valence-corrected chi connectivity index (χ0v) is 11.4. The molecule has 2 heterocycles. The SMILES string of the molecule is Cc1nc(NN)nc(NC2CCCSC2)c1[N+](=O)[O-]. The van der Waals surface area contributed by atoms with E-state index < -0.39 is 4.92 Å². The molecule has 8 nitrogen and oxygen atoms in total. The summed E-state index contributed by atoms with van der Waals surface area (Å²) in [5.74, 6) is 7.74. The number of nitrogens with two attached hydrogens (primary N) is 1. The largest absolute Gasteiger partial charge is 0.361 e. The molecule has 0 spiro atoms. The molecule has 0 aromatic carbocycles. The fourth-order valence-corrected chi connectivity index (χ4v) is 3.07. The van der Waals surface area contributed by atoms with E-state index in [0.29, 0.717) is 5.69 Å². The van der Waals surface area contributed by atoms with Gasteiger partial charge in [-0.05, 0) is 25.5 Å². The van der Waals surface area contributed by atoms with Crippen molar-refractivity contribution in [3.8, 4) is 0 Å². The van der Waals surface area contributed by atoms with Crippen molar-refractivity contribution in [2.24, 2.45) is 5.84 Å². The number of nitrogens with one attached hydrogen (secondary N) is 2. The summed E-state index contributed by atoms with van der Waals surface area (Å²) in [7, 11) is 0. The highest BCUT2D eigenvalue weighted by Crippen LogP contribution is 2.29. The molecule has 1 unspecified atom stereocenters. The monoisotopic (exact) mass is 284 g/mol. The van der Waals surface area contributed by atoms with Crippen LogP contribution in [0.1, 0.15) is 18.5 Å². The Labute approximate surface area is 114 Å². The molecule has 0 bridgehead atoms. The second kappa shape index (κ2) is 6.02. The maximum absolute atomic E-state index is 11.1. The lowest BCUT2D eigenvalue weighted by atomic mass is 10.2.